The zero-order chi connectivity index (χ0) is 13.3. The number of hydrogen-bond donors (Lipinski definition) is 0. The monoisotopic (exact) mass is 258 g/mol. The molecule has 2 nitrogen and oxygen atoms in total. The van der Waals surface area contributed by atoms with E-state index in [0.717, 1.165) is 29.7 Å². The molecular formula is C17H22O2. The van der Waals surface area contributed by atoms with Crippen LogP contribution in [0.4, 0.5) is 0 Å². The van der Waals surface area contributed by atoms with Crippen LogP contribution in [0.25, 0.3) is 0 Å². The minimum Gasteiger partial charge on any atom is -0.486 e. The standard InChI is InChI=1S/C17H22O2/c1-13-7-8-16-14(11-13)15(18)12-17(19-16)9-5-3-2-4-6-10-17/h7-8,11H,2-6,9-10,12H2,1H3. The predicted octanol–water partition coefficient (Wildman–Crippen LogP) is 4.44. The van der Waals surface area contributed by atoms with Gasteiger partial charge in [-0.1, -0.05) is 30.9 Å². The third-order valence-corrected chi connectivity index (χ3v) is 4.51. The second-order valence-corrected chi connectivity index (χ2v) is 6.15. The molecule has 0 N–H and O–H groups in total. The normalized spacial score (nSPS) is 22.3. The van der Waals surface area contributed by atoms with Gasteiger partial charge in [0.15, 0.2) is 5.78 Å². The van der Waals surface area contributed by atoms with Crippen molar-refractivity contribution < 1.29 is 9.53 Å². The molecule has 1 fully saturated rings. The van der Waals surface area contributed by atoms with Crippen LogP contribution in [-0.2, 0) is 0 Å². The summed E-state index contributed by atoms with van der Waals surface area (Å²) in [4.78, 5) is 12.4. The summed E-state index contributed by atoms with van der Waals surface area (Å²) >= 11 is 0. The van der Waals surface area contributed by atoms with Crippen LogP contribution in [0.15, 0.2) is 18.2 Å². The minimum absolute atomic E-state index is 0.209. The van der Waals surface area contributed by atoms with Gasteiger partial charge in [0.2, 0.25) is 0 Å². The fraction of sp³-hybridized carbons (Fsp3) is 0.588. The lowest BCUT2D eigenvalue weighted by atomic mass is 9.80. The van der Waals surface area contributed by atoms with E-state index in [1.54, 1.807) is 0 Å². The number of rotatable bonds is 0. The zero-order valence-corrected chi connectivity index (χ0v) is 11.7. The molecule has 0 aromatic heterocycles. The first-order valence-electron chi connectivity index (χ1n) is 7.51. The quantitative estimate of drug-likeness (QED) is 0.687. The Bertz CT molecular complexity index is 482. The SMILES string of the molecule is Cc1ccc2c(c1)C(=O)CC1(CCCCCCC1)O2. The van der Waals surface area contributed by atoms with E-state index in [1.165, 1.54) is 32.1 Å². The molecule has 0 atom stereocenters. The van der Waals surface area contributed by atoms with Crippen LogP contribution in [-0.4, -0.2) is 11.4 Å². The van der Waals surface area contributed by atoms with Gasteiger partial charge < -0.3 is 4.74 Å². The van der Waals surface area contributed by atoms with Crippen LogP contribution in [0.2, 0.25) is 0 Å². The highest BCUT2D eigenvalue weighted by atomic mass is 16.5. The topological polar surface area (TPSA) is 26.3 Å². The molecular weight excluding hydrogens is 236 g/mol. The highest BCUT2D eigenvalue weighted by Crippen LogP contribution is 2.40. The van der Waals surface area contributed by atoms with E-state index in [1.807, 2.05) is 25.1 Å². The predicted molar refractivity (Wildman–Crippen MR) is 75.8 cm³/mol. The van der Waals surface area contributed by atoms with E-state index in [4.69, 9.17) is 4.74 Å². The van der Waals surface area contributed by atoms with Gasteiger partial charge in [0.25, 0.3) is 0 Å². The number of ketones is 1. The Kier molecular flexibility index (Phi) is 3.34. The first-order chi connectivity index (χ1) is 9.19. The summed E-state index contributed by atoms with van der Waals surface area (Å²) in [5.41, 5.74) is 1.71. The summed E-state index contributed by atoms with van der Waals surface area (Å²) in [5, 5.41) is 0. The van der Waals surface area contributed by atoms with Crippen molar-refractivity contribution in [2.24, 2.45) is 0 Å². The second kappa shape index (κ2) is 4.99. The van der Waals surface area contributed by atoms with Gasteiger partial charge >= 0.3 is 0 Å². The van der Waals surface area contributed by atoms with E-state index < -0.39 is 0 Å². The maximum Gasteiger partial charge on any atom is 0.170 e. The molecule has 1 aliphatic carbocycles. The first-order valence-corrected chi connectivity index (χ1v) is 7.51. The first kappa shape index (κ1) is 12.7. The van der Waals surface area contributed by atoms with Crippen LogP contribution in [0.1, 0.15) is 67.3 Å². The summed E-state index contributed by atoms with van der Waals surface area (Å²) in [5.74, 6) is 1.08. The second-order valence-electron chi connectivity index (χ2n) is 6.15. The smallest absolute Gasteiger partial charge is 0.170 e. The summed E-state index contributed by atoms with van der Waals surface area (Å²) in [7, 11) is 0. The van der Waals surface area contributed by atoms with Crippen molar-refractivity contribution in [1.29, 1.82) is 0 Å². The van der Waals surface area contributed by atoms with Crippen LogP contribution < -0.4 is 4.74 Å². The van der Waals surface area contributed by atoms with Gasteiger partial charge in [-0.05, 0) is 44.7 Å². The molecule has 1 saturated carbocycles. The zero-order valence-electron chi connectivity index (χ0n) is 11.7. The van der Waals surface area contributed by atoms with E-state index in [2.05, 4.69) is 0 Å². The minimum atomic E-state index is -0.209. The van der Waals surface area contributed by atoms with Crippen LogP contribution in [0, 0.1) is 6.92 Å². The Hall–Kier alpha value is -1.31. The average molecular weight is 258 g/mol. The van der Waals surface area contributed by atoms with Gasteiger partial charge in [0, 0.05) is 0 Å². The summed E-state index contributed by atoms with van der Waals surface area (Å²) in [6.07, 6.45) is 8.91. The Labute approximate surface area is 115 Å². The number of benzene rings is 1. The highest BCUT2D eigenvalue weighted by Gasteiger charge is 2.39. The summed E-state index contributed by atoms with van der Waals surface area (Å²) in [6.45, 7) is 2.02. The van der Waals surface area contributed by atoms with Gasteiger partial charge in [-0.3, -0.25) is 4.79 Å². The summed E-state index contributed by atoms with van der Waals surface area (Å²) < 4.78 is 6.30. The molecule has 2 aliphatic rings. The van der Waals surface area contributed by atoms with Crippen molar-refractivity contribution in [2.75, 3.05) is 0 Å². The molecule has 1 heterocycles. The van der Waals surface area contributed by atoms with Crippen LogP contribution in [0.5, 0.6) is 5.75 Å². The van der Waals surface area contributed by atoms with Gasteiger partial charge in [-0.15, -0.1) is 0 Å². The third-order valence-electron chi connectivity index (χ3n) is 4.51. The van der Waals surface area contributed by atoms with Crippen LogP contribution >= 0.6 is 0 Å². The maximum absolute atomic E-state index is 12.4. The van der Waals surface area contributed by atoms with Crippen molar-refractivity contribution >= 4 is 5.78 Å². The summed E-state index contributed by atoms with van der Waals surface area (Å²) in [6, 6.07) is 5.98. The van der Waals surface area contributed by atoms with Crippen molar-refractivity contribution in [3.05, 3.63) is 29.3 Å². The van der Waals surface area contributed by atoms with Gasteiger partial charge in [0.05, 0.1) is 12.0 Å². The number of Topliss-reactive ketones (excluding diaryl/α,β-unsaturated/α-hetero) is 1. The largest absolute Gasteiger partial charge is 0.486 e. The molecule has 0 amide bonds. The van der Waals surface area contributed by atoms with Gasteiger partial charge in [0.1, 0.15) is 11.4 Å². The number of fused-ring (bicyclic) bond motifs is 1. The number of aryl methyl sites for hydroxylation is 1. The molecule has 1 aliphatic heterocycles. The van der Waals surface area contributed by atoms with Gasteiger partial charge in [-0.2, -0.15) is 0 Å². The van der Waals surface area contributed by atoms with Crippen molar-refractivity contribution in [2.45, 2.75) is 63.9 Å². The fourth-order valence-corrected chi connectivity index (χ4v) is 3.44. The molecule has 0 radical (unpaired) electrons. The lowest BCUT2D eigenvalue weighted by molar-refractivity contribution is 0.0215. The number of hydrogen-bond acceptors (Lipinski definition) is 2. The molecule has 0 unspecified atom stereocenters. The molecule has 19 heavy (non-hydrogen) atoms. The van der Waals surface area contributed by atoms with E-state index in [9.17, 15) is 4.79 Å². The molecule has 1 spiro atoms. The molecule has 3 rings (SSSR count). The molecule has 0 saturated heterocycles. The molecule has 1 aromatic rings. The Morgan fingerprint density at radius 1 is 1.05 bits per heavy atom. The fourth-order valence-electron chi connectivity index (χ4n) is 3.44. The lowest BCUT2D eigenvalue weighted by Crippen LogP contribution is -2.42. The van der Waals surface area contributed by atoms with E-state index in [0.29, 0.717) is 6.42 Å². The maximum atomic E-state index is 12.4. The molecule has 2 heteroatoms. The number of ether oxygens (including phenoxy) is 1. The molecule has 102 valence electrons. The number of carbonyl (C=O) groups excluding carboxylic acids is 1. The van der Waals surface area contributed by atoms with Crippen LogP contribution in [0.3, 0.4) is 0 Å². The van der Waals surface area contributed by atoms with Crippen molar-refractivity contribution in [3.63, 3.8) is 0 Å². The molecule has 1 aromatic carbocycles. The van der Waals surface area contributed by atoms with Crippen molar-refractivity contribution in [1.82, 2.24) is 0 Å². The van der Waals surface area contributed by atoms with E-state index >= 15 is 0 Å². The van der Waals surface area contributed by atoms with Gasteiger partial charge in [-0.25, -0.2) is 0 Å². The Balaban J connectivity index is 1.90. The number of carbonyl (C=O) groups is 1. The van der Waals surface area contributed by atoms with Crippen molar-refractivity contribution in [3.8, 4) is 5.75 Å². The Morgan fingerprint density at radius 2 is 1.74 bits per heavy atom. The highest BCUT2D eigenvalue weighted by molar-refractivity contribution is 6.00. The average Bonchev–Trinajstić information content (AvgIpc) is 2.36. The third kappa shape index (κ3) is 2.54. The lowest BCUT2D eigenvalue weighted by Gasteiger charge is -2.39. The van der Waals surface area contributed by atoms with E-state index in [-0.39, 0.29) is 11.4 Å². The molecule has 0 bridgehead atoms. The Morgan fingerprint density at radius 3 is 2.47 bits per heavy atom.